The smallest absolute Gasteiger partial charge is 0.315 e. The van der Waals surface area contributed by atoms with Crippen LogP contribution in [0.1, 0.15) is 0 Å². The summed E-state index contributed by atoms with van der Waals surface area (Å²) in [5, 5.41) is 0. The molecule has 1 saturated heterocycles. The van der Waals surface area contributed by atoms with Gasteiger partial charge < -0.3 is 4.74 Å². The van der Waals surface area contributed by atoms with E-state index >= 15 is 0 Å². The third-order valence-electron chi connectivity index (χ3n) is 1.45. The highest BCUT2D eigenvalue weighted by molar-refractivity contribution is 5.70. The zero-order valence-corrected chi connectivity index (χ0v) is 5.68. The van der Waals surface area contributed by atoms with Crippen LogP contribution in [0.4, 0.5) is 4.39 Å². The molecule has 58 valence electrons. The molecule has 4 heteroatoms. The highest BCUT2D eigenvalue weighted by Gasteiger charge is 2.12. The second-order valence-corrected chi connectivity index (χ2v) is 2.24. The van der Waals surface area contributed by atoms with Crippen LogP contribution < -0.4 is 0 Å². The Balaban J connectivity index is 2.19. The molecule has 0 aromatic heterocycles. The van der Waals surface area contributed by atoms with E-state index in [-0.39, 0.29) is 6.54 Å². The highest BCUT2D eigenvalue weighted by atomic mass is 19.1. The summed E-state index contributed by atoms with van der Waals surface area (Å²) in [5.74, 6) is 0. The van der Waals surface area contributed by atoms with Gasteiger partial charge in [0.05, 0.1) is 19.8 Å². The summed E-state index contributed by atoms with van der Waals surface area (Å²) in [6.45, 7) is 2.45. The average Bonchev–Trinajstić information content (AvgIpc) is 1.88. The van der Waals surface area contributed by atoms with Crippen molar-refractivity contribution in [3.05, 3.63) is 0 Å². The van der Waals surface area contributed by atoms with E-state index in [1.54, 1.807) is 4.90 Å². The van der Waals surface area contributed by atoms with Gasteiger partial charge in [0, 0.05) is 13.1 Å². The Hall–Kier alpha value is -0.480. The highest BCUT2D eigenvalue weighted by Crippen LogP contribution is 1.95. The topological polar surface area (TPSA) is 29.5 Å². The van der Waals surface area contributed by atoms with E-state index in [0.29, 0.717) is 26.3 Å². The Morgan fingerprint density at radius 1 is 1.50 bits per heavy atom. The zero-order valence-electron chi connectivity index (χ0n) is 5.68. The number of halogens is 1. The van der Waals surface area contributed by atoms with Crippen molar-refractivity contribution in [1.29, 1.82) is 0 Å². The van der Waals surface area contributed by atoms with Gasteiger partial charge in [0.1, 0.15) is 0 Å². The van der Waals surface area contributed by atoms with Gasteiger partial charge in [-0.2, -0.15) is 4.39 Å². The number of carbonyl (C=O) groups is 1. The van der Waals surface area contributed by atoms with Gasteiger partial charge in [-0.1, -0.05) is 0 Å². The molecule has 1 aliphatic rings. The summed E-state index contributed by atoms with van der Waals surface area (Å²) in [6.07, 6.45) is 0. The van der Waals surface area contributed by atoms with Crippen molar-refractivity contribution in [2.24, 2.45) is 0 Å². The molecule has 1 fully saturated rings. The number of hydrogen-bond acceptors (Lipinski definition) is 3. The molecule has 1 aliphatic heterocycles. The molecule has 0 aromatic rings. The van der Waals surface area contributed by atoms with Crippen molar-refractivity contribution in [3.8, 4) is 0 Å². The second-order valence-electron chi connectivity index (χ2n) is 2.24. The SMILES string of the molecule is O=C(F)CN1CCOCC1. The molecule has 0 radical (unpaired) electrons. The van der Waals surface area contributed by atoms with Crippen LogP contribution >= 0.6 is 0 Å². The van der Waals surface area contributed by atoms with E-state index in [1.165, 1.54) is 0 Å². The Morgan fingerprint density at radius 2 is 2.10 bits per heavy atom. The standard InChI is InChI=1S/C6H10FNO2/c7-6(9)5-8-1-3-10-4-2-8/h1-5H2. The van der Waals surface area contributed by atoms with Crippen LogP contribution in [0.25, 0.3) is 0 Å². The number of nitrogens with zero attached hydrogens (tertiary/aromatic N) is 1. The summed E-state index contributed by atoms with van der Waals surface area (Å²) < 4.78 is 16.8. The van der Waals surface area contributed by atoms with Gasteiger partial charge in [0.25, 0.3) is 0 Å². The third-order valence-corrected chi connectivity index (χ3v) is 1.45. The van der Waals surface area contributed by atoms with Gasteiger partial charge in [-0.15, -0.1) is 0 Å². The Bertz CT molecular complexity index is 123. The fourth-order valence-electron chi connectivity index (χ4n) is 0.935. The number of morpholine rings is 1. The van der Waals surface area contributed by atoms with Crippen LogP contribution in [0.15, 0.2) is 0 Å². The molecule has 0 bridgehead atoms. The first-order chi connectivity index (χ1) is 4.79. The molecule has 1 heterocycles. The molecular formula is C6H10FNO2. The van der Waals surface area contributed by atoms with Crippen LogP contribution in [-0.4, -0.2) is 43.8 Å². The van der Waals surface area contributed by atoms with Gasteiger partial charge >= 0.3 is 6.04 Å². The van der Waals surface area contributed by atoms with Gasteiger partial charge in [0.2, 0.25) is 0 Å². The molecular weight excluding hydrogens is 137 g/mol. The first-order valence-electron chi connectivity index (χ1n) is 3.27. The monoisotopic (exact) mass is 147 g/mol. The molecule has 0 N–H and O–H groups in total. The van der Waals surface area contributed by atoms with Crippen molar-refractivity contribution in [3.63, 3.8) is 0 Å². The lowest BCUT2D eigenvalue weighted by Gasteiger charge is -2.24. The molecule has 3 nitrogen and oxygen atoms in total. The molecule has 0 saturated carbocycles. The van der Waals surface area contributed by atoms with Crippen molar-refractivity contribution in [1.82, 2.24) is 4.90 Å². The number of carbonyl (C=O) groups excluding carboxylic acids is 1. The molecule has 1 rings (SSSR count). The zero-order chi connectivity index (χ0) is 7.40. The molecule has 0 aliphatic carbocycles. The maximum atomic E-state index is 11.8. The number of rotatable bonds is 2. The van der Waals surface area contributed by atoms with E-state index < -0.39 is 6.04 Å². The van der Waals surface area contributed by atoms with E-state index in [1.807, 2.05) is 0 Å². The molecule has 0 amide bonds. The minimum Gasteiger partial charge on any atom is -0.379 e. The van der Waals surface area contributed by atoms with Crippen molar-refractivity contribution < 1.29 is 13.9 Å². The lowest BCUT2D eigenvalue weighted by molar-refractivity contribution is -0.131. The molecule has 0 aromatic carbocycles. The lowest BCUT2D eigenvalue weighted by atomic mass is 10.4. The van der Waals surface area contributed by atoms with Gasteiger partial charge in [0.15, 0.2) is 0 Å². The van der Waals surface area contributed by atoms with Crippen molar-refractivity contribution >= 4 is 6.04 Å². The third kappa shape index (κ3) is 2.41. The fraction of sp³-hybridized carbons (Fsp3) is 0.833. The van der Waals surface area contributed by atoms with Crippen LogP contribution in [-0.2, 0) is 9.53 Å². The van der Waals surface area contributed by atoms with E-state index in [2.05, 4.69) is 0 Å². The summed E-state index contributed by atoms with van der Waals surface area (Å²) in [7, 11) is 0. The van der Waals surface area contributed by atoms with Crippen LogP contribution in [0.5, 0.6) is 0 Å². The minimum absolute atomic E-state index is 0.0800. The van der Waals surface area contributed by atoms with Crippen LogP contribution in [0.2, 0.25) is 0 Å². The van der Waals surface area contributed by atoms with Gasteiger partial charge in [-0.25, -0.2) is 0 Å². The van der Waals surface area contributed by atoms with E-state index in [9.17, 15) is 9.18 Å². The summed E-state index contributed by atoms with van der Waals surface area (Å²) in [4.78, 5) is 11.7. The first-order valence-corrected chi connectivity index (χ1v) is 3.27. The summed E-state index contributed by atoms with van der Waals surface area (Å²) in [6, 6.07) is -1.26. The largest absolute Gasteiger partial charge is 0.379 e. The predicted molar refractivity (Wildman–Crippen MR) is 33.4 cm³/mol. The maximum absolute atomic E-state index is 11.8. The van der Waals surface area contributed by atoms with Crippen LogP contribution in [0, 0.1) is 0 Å². The molecule has 0 unspecified atom stereocenters. The fourth-order valence-corrected chi connectivity index (χ4v) is 0.935. The maximum Gasteiger partial charge on any atom is 0.315 e. The molecule has 0 atom stereocenters. The van der Waals surface area contributed by atoms with Crippen LogP contribution in [0.3, 0.4) is 0 Å². The number of ether oxygens (including phenoxy) is 1. The number of hydrogen-bond donors (Lipinski definition) is 0. The summed E-state index contributed by atoms with van der Waals surface area (Å²) >= 11 is 0. The van der Waals surface area contributed by atoms with Gasteiger partial charge in [-0.3, -0.25) is 9.69 Å². The molecule has 0 spiro atoms. The average molecular weight is 147 g/mol. The minimum atomic E-state index is -1.26. The quantitative estimate of drug-likeness (QED) is 0.507. The second kappa shape index (κ2) is 3.63. The normalized spacial score (nSPS) is 20.9. The Kier molecular flexibility index (Phi) is 2.77. The lowest BCUT2D eigenvalue weighted by Crippen LogP contribution is -2.38. The predicted octanol–water partition coefficient (Wildman–Crippen LogP) is -0.185. The van der Waals surface area contributed by atoms with E-state index in [0.717, 1.165) is 0 Å². The first kappa shape index (κ1) is 7.63. The van der Waals surface area contributed by atoms with Crippen molar-refractivity contribution in [2.75, 3.05) is 32.8 Å². The Morgan fingerprint density at radius 3 is 2.60 bits per heavy atom. The molecule has 10 heavy (non-hydrogen) atoms. The van der Waals surface area contributed by atoms with E-state index in [4.69, 9.17) is 4.74 Å². The van der Waals surface area contributed by atoms with Crippen molar-refractivity contribution in [2.45, 2.75) is 0 Å². The summed E-state index contributed by atoms with van der Waals surface area (Å²) in [5.41, 5.74) is 0. The van der Waals surface area contributed by atoms with Gasteiger partial charge in [-0.05, 0) is 0 Å². The Labute approximate surface area is 58.8 Å².